The Labute approximate surface area is 48.2 Å². The maximum absolute atomic E-state index is 5.23. The Kier molecular flexibility index (Phi) is 8.99. The molecule has 3 heteroatoms. The van der Waals surface area contributed by atoms with E-state index in [1.54, 1.807) is 0 Å². The van der Waals surface area contributed by atoms with E-state index >= 15 is 0 Å². The molecule has 6 heavy (non-hydrogen) atoms. The maximum atomic E-state index is 5.23. The summed E-state index contributed by atoms with van der Waals surface area (Å²) in [4.78, 5) is -0.171. The third kappa shape index (κ3) is 8.82. The zero-order valence-electron chi connectivity index (χ0n) is 3.75. The van der Waals surface area contributed by atoms with Crippen LogP contribution in [-0.2, 0) is 0 Å². The van der Waals surface area contributed by atoms with E-state index in [0.717, 1.165) is 6.42 Å². The summed E-state index contributed by atoms with van der Waals surface area (Å²) >= 11 is 10.5. The van der Waals surface area contributed by atoms with Gasteiger partial charge in [-0.1, -0.05) is 6.92 Å². The van der Waals surface area contributed by atoms with Crippen molar-refractivity contribution in [3.05, 3.63) is 0 Å². The standard InChI is InChI=1S/C3H6Cl2.H3N/c1-2-3(4)5;/h3H,2H2,1H3;1H3. The van der Waals surface area contributed by atoms with E-state index in [1.807, 2.05) is 6.92 Å². The van der Waals surface area contributed by atoms with E-state index in [4.69, 9.17) is 23.2 Å². The highest BCUT2D eigenvalue weighted by atomic mass is 35.5. The van der Waals surface area contributed by atoms with Gasteiger partial charge in [0.25, 0.3) is 0 Å². The van der Waals surface area contributed by atoms with Crippen LogP contribution in [0.3, 0.4) is 0 Å². The molecule has 0 spiro atoms. The lowest BCUT2D eigenvalue weighted by molar-refractivity contribution is 1.04. The van der Waals surface area contributed by atoms with Crippen LogP contribution < -0.4 is 6.15 Å². The Hall–Kier alpha value is 0.540. The second-order valence-electron chi connectivity index (χ2n) is 0.799. The van der Waals surface area contributed by atoms with Crippen LogP contribution in [0.5, 0.6) is 0 Å². The maximum Gasteiger partial charge on any atom is 0.107 e. The van der Waals surface area contributed by atoms with Crippen molar-refractivity contribution >= 4 is 23.2 Å². The molecule has 0 unspecified atom stereocenters. The van der Waals surface area contributed by atoms with Gasteiger partial charge < -0.3 is 6.15 Å². The summed E-state index contributed by atoms with van der Waals surface area (Å²) in [5.41, 5.74) is 0. The van der Waals surface area contributed by atoms with Gasteiger partial charge in [-0.3, -0.25) is 0 Å². The van der Waals surface area contributed by atoms with Gasteiger partial charge in [0.15, 0.2) is 0 Å². The Morgan fingerprint density at radius 2 is 1.67 bits per heavy atom. The van der Waals surface area contributed by atoms with Crippen molar-refractivity contribution in [3.8, 4) is 0 Å². The number of halogens is 2. The molecular formula is C3H9Cl2N. The van der Waals surface area contributed by atoms with Crippen LogP contribution in [-0.4, -0.2) is 4.84 Å². The average Bonchev–Trinajstić information content (AvgIpc) is 1.38. The van der Waals surface area contributed by atoms with Crippen LogP contribution in [0, 0.1) is 0 Å². The van der Waals surface area contributed by atoms with E-state index in [2.05, 4.69) is 0 Å². The van der Waals surface area contributed by atoms with Crippen LogP contribution in [0.1, 0.15) is 13.3 Å². The van der Waals surface area contributed by atoms with Crippen LogP contribution in [0.15, 0.2) is 0 Å². The van der Waals surface area contributed by atoms with Gasteiger partial charge in [0.2, 0.25) is 0 Å². The molecule has 0 amide bonds. The number of hydrogen-bond donors (Lipinski definition) is 1. The molecule has 3 N–H and O–H groups in total. The molecule has 0 aromatic heterocycles. The lowest BCUT2D eigenvalue weighted by atomic mass is 10.6. The Bertz CT molecular complexity index is 22.8. The van der Waals surface area contributed by atoms with Gasteiger partial charge in [-0.2, -0.15) is 0 Å². The van der Waals surface area contributed by atoms with Crippen molar-refractivity contribution in [1.82, 2.24) is 6.15 Å². The molecule has 40 valence electrons. The highest BCUT2D eigenvalue weighted by Gasteiger charge is 1.86. The summed E-state index contributed by atoms with van der Waals surface area (Å²) in [5.74, 6) is 0. The molecule has 1 nitrogen and oxygen atoms in total. The van der Waals surface area contributed by atoms with Gasteiger partial charge in [0.05, 0.1) is 0 Å². The highest BCUT2D eigenvalue weighted by Crippen LogP contribution is 2.03. The first-order chi connectivity index (χ1) is 2.27. The van der Waals surface area contributed by atoms with Crippen molar-refractivity contribution < 1.29 is 0 Å². The molecule has 0 atom stereocenters. The summed E-state index contributed by atoms with van der Waals surface area (Å²) < 4.78 is 0. The summed E-state index contributed by atoms with van der Waals surface area (Å²) in [6, 6.07) is 0. The van der Waals surface area contributed by atoms with Gasteiger partial charge in [0, 0.05) is 0 Å². The zero-order chi connectivity index (χ0) is 4.28. The molecule has 0 saturated heterocycles. The lowest BCUT2D eigenvalue weighted by Gasteiger charge is -1.84. The molecular weight excluding hydrogens is 121 g/mol. The first-order valence-electron chi connectivity index (χ1n) is 1.55. The Morgan fingerprint density at radius 3 is 1.67 bits per heavy atom. The third-order valence-electron chi connectivity index (χ3n) is 0.309. The second-order valence-corrected chi connectivity index (χ2v) is 2.08. The molecule has 0 aliphatic rings. The summed E-state index contributed by atoms with van der Waals surface area (Å²) in [6.07, 6.45) is 0.836. The first-order valence-corrected chi connectivity index (χ1v) is 2.42. The topological polar surface area (TPSA) is 35.0 Å². The molecule has 0 saturated carbocycles. The molecule has 0 aromatic rings. The van der Waals surface area contributed by atoms with Crippen molar-refractivity contribution in [2.75, 3.05) is 0 Å². The molecule has 0 aliphatic heterocycles. The predicted octanol–water partition coefficient (Wildman–Crippen LogP) is 2.36. The first kappa shape index (κ1) is 9.74. The smallest absolute Gasteiger partial charge is 0.107 e. The third-order valence-corrected chi connectivity index (χ3v) is 0.926. The number of rotatable bonds is 1. The fraction of sp³-hybridized carbons (Fsp3) is 1.00. The van der Waals surface area contributed by atoms with Crippen molar-refractivity contribution in [1.29, 1.82) is 0 Å². The fourth-order valence-corrected chi connectivity index (χ4v) is 0. The van der Waals surface area contributed by atoms with E-state index < -0.39 is 0 Å². The van der Waals surface area contributed by atoms with E-state index in [9.17, 15) is 0 Å². The summed E-state index contributed by atoms with van der Waals surface area (Å²) in [7, 11) is 0. The SMILES string of the molecule is CCC(Cl)Cl.N. The predicted molar refractivity (Wildman–Crippen MR) is 30.8 cm³/mol. The highest BCUT2D eigenvalue weighted by molar-refractivity contribution is 6.44. The van der Waals surface area contributed by atoms with Crippen molar-refractivity contribution in [3.63, 3.8) is 0 Å². The lowest BCUT2D eigenvalue weighted by Crippen LogP contribution is -1.75. The largest absolute Gasteiger partial charge is 0.344 e. The summed E-state index contributed by atoms with van der Waals surface area (Å²) in [6.45, 7) is 1.94. The molecule has 0 bridgehead atoms. The molecule has 0 fully saturated rings. The minimum atomic E-state index is -0.171. The molecule has 0 aliphatic carbocycles. The minimum Gasteiger partial charge on any atom is -0.344 e. The number of hydrogen-bond acceptors (Lipinski definition) is 1. The Balaban J connectivity index is 0. The van der Waals surface area contributed by atoms with Gasteiger partial charge in [-0.05, 0) is 6.42 Å². The van der Waals surface area contributed by atoms with Crippen molar-refractivity contribution in [2.24, 2.45) is 0 Å². The minimum absolute atomic E-state index is 0. The zero-order valence-corrected chi connectivity index (χ0v) is 5.26. The fourth-order valence-electron chi connectivity index (χ4n) is 0. The van der Waals surface area contributed by atoms with Gasteiger partial charge in [-0.25, -0.2) is 0 Å². The number of alkyl halides is 2. The second kappa shape index (κ2) is 5.54. The van der Waals surface area contributed by atoms with E-state index in [-0.39, 0.29) is 11.0 Å². The van der Waals surface area contributed by atoms with Crippen LogP contribution in [0.4, 0.5) is 0 Å². The molecule has 0 aromatic carbocycles. The van der Waals surface area contributed by atoms with E-state index in [0.29, 0.717) is 0 Å². The summed E-state index contributed by atoms with van der Waals surface area (Å²) in [5, 5.41) is 0. The average molecular weight is 130 g/mol. The monoisotopic (exact) mass is 129 g/mol. The van der Waals surface area contributed by atoms with E-state index in [1.165, 1.54) is 0 Å². The van der Waals surface area contributed by atoms with Crippen LogP contribution in [0.25, 0.3) is 0 Å². The van der Waals surface area contributed by atoms with Crippen LogP contribution >= 0.6 is 23.2 Å². The molecule has 0 heterocycles. The molecule has 0 rings (SSSR count). The quantitative estimate of drug-likeness (QED) is 0.543. The van der Waals surface area contributed by atoms with Crippen LogP contribution in [0.2, 0.25) is 0 Å². The normalized spacial score (nSPS) is 8.00. The van der Waals surface area contributed by atoms with Gasteiger partial charge in [-0.15, -0.1) is 23.2 Å². The molecule has 0 radical (unpaired) electrons. The van der Waals surface area contributed by atoms with Gasteiger partial charge >= 0.3 is 0 Å². The van der Waals surface area contributed by atoms with Gasteiger partial charge in [0.1, 0.15) is 4.84 Å². The Morgan fingerprint density at radius 1 is 1.50 bits per heavy atom. The van der Waals surface area contributed by atoms with Crippen molar-refractivity contribution in [2.45, 2.75) is 18.2 Å².